The molecular formula is C36H48B2FN5O12. The van der Waals surface area contributed by atoms with E-state index in [1.807, 2.05) is 6.92 Å². The molecule has 0 bridgehead atoms. The van der Waals surface area contributed by atoms with Gasteiger partial charge in [0.25, 0.3) is 11.8 Å². The summed E-state index contributed by atoms with van der Waals surface area (Å²) in [6, 6.07) is 3.98. The molecule has 0 aliphatic carbocycles. The van der Waals surface area contributed by atoms with Crippen LogP contribution in [0.1, 0.15) is 85.1 Å². The smallest absolute Gasteiger partial charge is 0.480 e. The molecule has 0 unspecified atom stereocenters. The molecule has 9 N–H and O–H groups in total. The van der Waals surface area contributed by atoms with Crippen molar-refractivity contribution in [2.24, 2.45) is 5.92 Å². The first-order chi connectivity index (χ1) is 26.6. The molecule has 2 aromatic carbocycles. The lowest BCUT2D eigenvalue weighted by atomic mass is 9.79. The predicted octanol–water partition coefficient (Wildman–Crippen LogP) is -2.10. The maximum Gasteiger partial charge on any atom is 0.491 e. The lowest BCUT2D eigenvalue weighted by Crippen LogP contribution is -2.54. The van der Waals surface area contributed by atoms with Gasteiger partial charge >= 0.3 is 20.2 Å². The Balaban J connectivity index is 1.33. The van der Waals surface area contributed by atoms with Crippen LogP contribution in [0.3, 0.4) is 0 Å². The third-order valence-corrected chi connectivity index (χ3v) is 9.95. The summed E-state index contributed by atoms with van der Waals surface area (Å²) in [4.78, 5) is 78.7. The van der Waals surface area contributed by atoms with Gasteiger partial charge in [-0.2, -0.15) is 0 Å². The van der Waals surface area contributed by atoms with E-state index < -0.39 is 85.4 Å². The Bertz CT molecular complexity index is 1770. The summed E-state index contributed by atoms with van der Waals surface area (Å²) < 4.78 is 19.8. The van der Waals surface area contributed by atoms with E-state index in [9.17, 15) is 58.4 Å². The number of halogens is 1. The second-order valence-corrected chi connectivity index (χ2v) is 13.9. The van der Waals surface area contributed by atoms with Gasteiger partial charge in [-0.05, 0) is 86.2 Å². The highest BCUT2D eigenvalue weighted by Gasteiger charge is 2.38. The molecule has 5 amide bonds. The Morgan fingerprint density at radius 3 is 2.43 bits per heavy atom. The van der Waals surface area contributed by atoms with Crippen molar-refractivity contribution in [2.75, 3.05) is 19.6 Å². The summed E-state index contributed by atoms with van der Waals surface area (Å²) in [5.41, 5.74) is 0.748. The number of amides is 5. The Labute approximate surface area is 323 Å². The SMILES string of the molecule is CC[C@@H](CCCCNC(=O)[C@@H](CCNC(=O)c1ccc2c(c1)B(O)OC2)NC(=O)c1cc(B(O)O)ccc1F)C(=O)N1CCC[C@H]1C(=O)N[C@H](C(=O)O)[C@@H](C)O. The number of likely N-dealkylation sites (tertiary alicyclic amines) is 1. The van der Waals surface area contributed by atoms with E-state index >= 15 is 0 Å². The predicted molar refractivity (Wildman–Crippen MR) is 200 cm³/mol. The van der Waals surface area contributed by atoms with Gasteiger partial charge in [0.1, 0.15) is 17.9 Å². The standard InChI is InChI=1S/C36H48B2FN5O12/c1-3-21(35(50)44-16-6-8-29(44)34(49)43-30(20(2)45)36(51)52)7-4-5-14-40-33(48)28(42-32(47)25-18-24(37(53)54)11-12-27(25)39)13-15-41-31(46)22-9-10-23-19-56-38(55)26(23)17-22/h9-12,17-18,20-21,28-30,45,53-55H,3-8,13-16,19H2,1-2H3,(H,40,48)(H,41,46)(H,42,47)(H,43,49)(H,51,52)/t20-,21+,28-,29+,30+/m1/s1. The van der Waals surface area contributed by atoms with Gasteiger partial charge in [0.15, 0.2) is 6.04 Å². The van der Waals surface area contributed by atoms with Crippen LogP contribution in [0, 0.1) is 11.7 Å². The summed E-state index contributed by atoms with van der Waals surface area (Å²) in [6.07, 6.45) is 1.24. The fourth-order valence-electron chi connectivity index (χ4n) is 6.70. The zero-order valence-electron chi connectivity index (χ0n) is 31.2. The van der Waals surface area contributed by atoms with Crippen LogP contribution in [0.25, 0.3) is 0 Å². The topological polar surface area (TPSA) is 264 Å². The van der Waals surface area contributed by atoms with Gasteiger partial charge < -0.3 is 56.1 Å². The molecule has 2 heterocycles. The van der Waals surface area contributed by atoms with Crippen LogP contribution in [-0.4, -0.2) is 124 Å². The number of hydrogen-bond acceptors (Lipinski definition) is 11. The van der Waals surface area contributed by atoms with Crippen LogP contribution in [0.4, 0.5) is 4.39 Å². The van der Waals surface area contributed by atoms with Crippen molar-refractivity contribution in [1.29, 1.82) is 0 Å². The number of nitrogens with one attached hydrogen (secondary N) is 4. The average Bonchev–Trinajstić information content (AvgIpc) is 3.81. The van der Waals surface area contributed by atoms with Gasteiger partial charge in [-0.25, -0.2) is 9.18 Å². The molecule has 0 spiro atoms. The van der Waals surface area contributed by atoms with Crippen molar-refractivity contribution in [1.82, 2.24) is 26.2 Å². The third kappa shape index (κ3) is 11.3. The maximum atomic E-state index is 14.6. The van der Waals surface area contributed by atoms with Crippen LogP contribution >= 0.6 is 0 Å². The Morgan fingerprint density at radius 1 is 1.00 bits per heavy atom. The van der Waals surface area contributed by atoms with Gasteiger partial charge in [-0.1, -0.05) is 25.5 Å². The molecule has 1 saturated heterocycles. The van der Waals surface area contributed by atoms with Gasteiger partial charge in [-0.3, -0.25) is 24.0 Å². The maximum absolute atomic E-state index is 14.6. The molecule has 0 saturated carbocycles. The van der Waals surface area contributed by atoms with Crippen LogP contribution in [0.2, 0.25) is 0 Å². The number of carbonyl (C=O) groups is 6. The Morgan fingerprint density at radius 2 is 1.75 bits per heavy atom. The summed E-state index contributed by atoms with van der Waals surface area (Å²) in [7, 11) is -3.14. The van der Waals surface area contributed by atoms with Crippen LogP contribution in [0.5, 0.6) is 0 Å². The normalized spacial score (nSPS) is 16.9. The summed E-state index contributed by atoms with van der Waals surface area (Å²) in [5.74, 6) is -5.88. The highest BCUT2D eigenvalue weighted by Crippen LogP contribution is 2.24. The quantitative estimate of drug-likeness (QED) is 0.0548. The minimum Gasteiger partial charge on any atom is -0.480 e. The molecule has 0 aromatic heterocycles. The zero-order valence-corrected chi connectivity index (χ0v) is 31.2. The van der Waals surface area contributed by atoms with Crippen molar-refractivity contribution in [2.45, 2.75) is 89.6 Å². The van der Waals surface area contributed by atoms with E-state index in [1.54, 1.807) is 12.1 Å². The molecular weight excluding hydrogens is 735 g/mol. The highest BCUT2D eigenvalue weighted by molar-refractivity contribution is 6.61. The fourth-order valence-corrected chi connectivity index (χ4v) is 6.70. The number of fused-ring (bicyclic) bond motifs is 1. The lowest BCUT2D eigenvalue weighted by molar-refractivity contribution is -0.147. The fraction of sp³-hybridized carbons (Fsp3) is 0.500. The lowest BCUT2D eigenvalue weighted by Gasteiger charge is -2.29. The van der Waals surface area contributed by atoms with Crippen molar-refractivity contribution in [3.8, 4) is 0 Å². The average molecular weight is 783 g/mol. The number of unbranched alkanes of at least 4 members (excludes halogenated alkanes) is 1. The number of aliphatic carboxylic acids is 1. The van der Waals surface area contributed by atoms with E-state index in [0.29, 0.717) is 50.5 Å². The van der Waals surface area contributed by atoms with Gasteiger partial charge in [0.2, 0.25) is 17.7 Å². The van der Waals surface area contributed by atoms with Gasteiger partial charge in [0.05, 0.1) is 18.3 Å². The van der Waals surface area contributed by atoms with Crippen molar-refractivity contribution >= 4 is 60.7 Å². The second-order valence-electron chi connectivity index (χ2n) is 13.9. The number of rotatable bonds is 19. The number of aliphatic hydroxyl groups is 1. The first-order valence-electron chi connectivity index (χ1n) is 18.6. The molecule has 2 aliphatic rings. The molecule has 2 aliphatic heterocycles. The minimum absolute atomic E-state index is 0.100. The number of hydrogen-bond donors (Lipinski definition) is 9. The molecule has 20 heteroatoms. The molecule has 2 aromatic rings. The molecule has 1 fully saturated rings. The van der Waals surface area contributed by atoms with Gasteiger partial charge in [0, 0.05) is 31.1 Å². The van der Waals surface area contributed by atoms with Crippen molar-refractivity contribution in [3.05, 3.63) is 58.9 Å². The first kappa shape index (κ1) is 43.8. The third-order valence-electron chi connectivity index (χ3n) is 9.95. The zero-order chi connectivity index (χ0) is 41.1. The molecule has 302 valence electrons. The monoisotopic (exact) mass is 783 g/mol. The number of aliphatic hydroxyl groups excluding tert-OH is 1. The first-order valence-corrected chi connectivity index (χ1v) is 18.6. The number of carbonyl (C=O) groups excluding carboxylic acids is 5. The van der Waals surface area contributed by atoms with E-state index in [1.165, 1.54) is 17.9 Å². The minimum atomic E-state index is -1.98. The number of carboxylic acid groups (broad SMARTS) is 1. The second kappa shape index (κ2) is 20.3. The summed E-state index contributed by atoms with van der Waals surface area (Å²) in [6.45, 7) is 3.64. The Hall–Kier alpha value is -4.88. The van der Waals surface area contributed by atoms with Gasteiger partial charge in [-0.15, -0.1) is 0 Å². The number of carboxylic acids is 1. The van der Waals surface area contributed by atoms with E-state index in [4.69, 9.17) is 4.65 Å². The number of benzene rings is 2. The van der Waals surface area contributed by atoms with E-state index in [-0.39, 0.29) is 43.1 Å². The van der Waals surface area contributed by atoms with Crippen molar-refractivity contribution < 1.29 is 63.1 Å². The molecule has 56 heavy (non-hydrogen) atoms. The van der Waals surface area contributed by atoms with Crippen LogP contribution in [-0.2, 0) is 30.4 Å². The largest absolute Gasteiger partial charge is 0.491 e. The Kier molecular flexibility index (Phi) is 15.9. The highest BCUT2D eigenvalue weighted by atomic mass is 19.1. The molecule has 0 radical (unpaired) electrons. The number of nitrogens with zero attached hydrogens (tertiary/aromatic N) is 1. The summed E-state index contributed by atoms with van der Waals surface area (Å²) >= 11 is 0. The molecule has 4 rings (SSSR count). The van der Waals surface area contributed by atoms with E-state index in [0.717, 1.165) is 23.8 Å². The molecule has 5 atom stereocenters. The van der Waals surface area contributed by atoms with Crippen LogP contribution < -0.4 is 32.2 Å². The van der Waals surface area contributed by atoms with E-state index in [2.05, 4.69) is 21.3 Å². The van der Waals surface area contributed by atoms with Crippen LogP contribution in [0.15, 0.2) is 36.4 Å². The van der Waals surface area contributed by atoms with Crippen molar-refractivity contribution in [3.63, 3.8) is 0 Å². The summed E-state index contributed by atoms with van der Waals surface area (Å²) in [5, 5.41) is 58.3. The molecule has 17 nitrogen and oxygen atoms in total.